The number of halogens is 2. The summed E-state index contributed by atoms with van der Waals surface area (Å²) >= 11 is 11.9. The lowest BCUT2D eigenvalue weighted by molar-refractivity contribution is 0.594. The van der Waals surface area contributed by atoms with E-state index in [9.17, 15) is 0 Å². The maximum Gasteiger partial charge on any atom is 0.0595 e. The Morgan fingerprint density at radius 2 is 1.87 bits per heavy atom. The average molecular weight is 242 g/mol. The van der Waals surface area contributed by atoms with E-state index in [1.165, 1.54) is 18.7 Å². The molecule has 0 bridgehead atoms. The van der Waals surface area contributed by atoms with Gasteiger partial charge >= 0.3 is 0 Å². The van der Waals surface area contributed by atoms with Gasteiger partial charge in [0.15, 0.2) is 0 Å². The summed E-state index contributed by atoms with van der Waals surface area (Å²) < 4.78 is 0. The highest BCUT2D eigenvalue weighted by atomic mass is 35.5. The Balaban J connectivity index is 1.70. The first-order chi connectivity index (χ1) is 7.25. The molecule has 1 nitrogen and oxygen atoms in total. The van der Waals surface area contributed by atoms with Crippen LogP contribution in [0.5, 0.6) is 0 Å². The number of benzene rings is 1. The number of hydrogen-bond donors (Lipinski definition) is 1. The molecule has 3 heteroatoms. The molecule has 1 N–H and O–H groups in total. The van der Waals surface area contributed by atoms with Gasteiger partial charge in [-0.05, 0) is 55.0 Å². The number of rotatable bonds is 2. The summed E-state index contributed by atoms with van der Waals surface area (Å²) in [6.45, 7) is 2.41. The van der Waals surface area contributed by atoms with Crippen molar-refractivity contribution in [2.75, 3.05) is 13.1 Å². The molecule has 1 saturated carbocycles. The van der Waals surface area contributed by atoms with Crippen LogP contribution < -0.4 is 5.32 Å². The fraction of sp³-hybridized carbons (Fsp3) is 0.500. The van der Waals surface area contributed by atoms with Crippen LogP contribution in [0.3, 0.4) is 0 Å². The zero-order valence-corrected chi connectivity index (χ0v) is 9.85. The molecule has 2 unspecified atom stereocenters. The van der Waals surface area contributed by atoms with E-state index in [1.54, 1.807) is 0 Å². The molecule has 1 aliphatic carbocycles. The summed E-state index contributed by atoms with van der Waals surface area (Å²) in [6.07, 6.45) is 1.16. The monoisotopic (exact) mass is 241 g/mol. The zero-order chi connectivity index (χ0) is 10.4. The molecule has 1 aromatic rings. The Kier molecular flexibility index (Phi) is 2.42. The fourth-order valence-corrected chi connectivity index (χ4v) is 3.11. The highest BCUT2D eigenvalue weighted by molar-refractivity contribution is 6.42. The molecule has 0 radical (unpaired) electrons. The van der Waals surface area contributed by atoms with Crippen molar-refractivity contribution < 1.29 is 0 Å². The minimum Gasteiger partial charge on any atom is -0.316 e. The van der Waals surface area contributed by atoms with Crippen LogP contribution in [0.1, 0.15) is 5.56 Å². The minimum atomic E-state index is 0.651. The van der Waals surface area contributed by atoms with E-state index >= 15 is 0 Å². The van der Waals surface area contributed by atoms with E-state index in [0.717, 1.165) is 24.2 Å². The van der Waals surface area contributed by atoms with Crippen LogP contribution in [0.2, 0.25) is 10.0 Å². The third-order valence-electron chi connectivity index (χ3n) is 3.72. The predicted octanol–water partition coefficient (Wildman–Crippen LogP) is 3.00. The molecule has 0 spiro atoms. The third kappa shape index (κ3) is 1.77. The average Bonchev–Trinajstić information content (AvgIpc) is 2.68. The normalized spacial score (nSPS) is 32.8. The van der Waals surface area contributed by atoms with Gasteiger partial charge in [0, 0.05) is 0 Å². The van der Waals surface area contributed by atoms with Gasteiger partial charge in [0.2, 0.25) is 0 Å². The lowest BCUT2D eigenvalue weighted by atomic mass is 10.1. The van der Waals surface area contributed by atoms with Crippen molar-refractivity contribution in [3.63, 3.8) is 0 Å². The largest absolute Gasteiger partial charge is 0.316 e. The lowest BCUT2D eigenvalue weighted by Crippen LogP contribution is -2.15. The predicted molar refractivity (Wildman–Crippen MR) is 63.5 cm³/mol. The first-order valence-corrected chi connectivity index (χ1v) is 6.16. The van der Waals surface area contributed by atoms with Gasteiger partial charge in [0.1, 0.15) is 0 Å². The number of fused-ring (bicyclic) bond motifs is 1. The van der Waals surface area contributed by atoms with Crippen molar-refractivity contribution in [1.29, 1.82) is 0 Å². The second-order valence-corrected chi connectivity index (χ2v) is 5.42. The molecule has 2 aliphatic rings. The summed E-state index contributed by atoms with van der Waals surface area (Å²) in [7, 11) is 0. The van der Waals surface area contributed by atoms with Crippen LogP contribution >= 0.6 is 23.2 Å². The molecule has 1 aliphatic heterocycles. The molecule has 2 fully saturated rings. The molecule has 1 saturated heterocycles. The van der Waals surface area contributed by atoms with Gasteiger partial charge in [0.25, 0.3) is 0 Å². The van der Waals surface area contributed by atoms with Gasteiger partial charge in [-0.15, -0.1) is 0 Å². The summed E-state index contributed by atoms with van der Waals surface area (Å²) in [4.78, 5) is 0. The highest BCUT2D eigenvalue weighted by Gasteiger charge is 2.52. The van der Waals surface area contributed by atoms with Crippen LogP contribution in [0.15, 0.2) is 18.2 Å². The molecular weight excluding hydrogens is 229 g/mol. The Morgan fingerprint density at radius 1 is 1.13 bits per heavy atom. The van der Waals surface area contributed by atoms with Crippen molar-refractivity contribution in [2.24, 2.45) is 17.8 Å². The lowest BCUT2D eigenvalue weighted by Gasteiger charge is -2.05. The SMILES string of the molecule is Clc1ccc(CC2C3CNCC32)cc1Cl. The van der Waals surface area contributed by atoms with Crippen LogP contribution in [-0.2, 0) is 6.42 Å². The molecule has 0 aromatic heterocycles. The molecule has 80 valence electrons. The van der Waals surface area contributed by atoms with E-state index in [1.807, 2.05) is 12.1 Å². The molecule has 1 aromatic carbocycles. The molecular formula is C12H13Cl2N. The van der Waals surface area contributed by atoms with Crippen molar-refractivity contribution in [3.05, 3.63) is 33.8 Å². The summed E-state index contributed by atoms with van der Waals surface area (Å²) in [6, 6.07) is 6.00. The zero-order valence-electron chi connectivity index (χ0n) is 8.34. The van der Waals surface area contributed by atoms with E-state index in [2.05, 4.69) is 11.4 Å². The van der Waals surface area contributed by atoms with Gasteiger partial charge in [-0.1, -0.05) is 29.3 Å². The topological polar surface area (TPSA) is 12.0 Å². The summed E-state index contributed by atoms with van der Waals surface area (Å²) in [5.41, 5.74) is 1.32. The minimum absolute atomic E-state index is 0.651. The van der Waals surface area contributed by atoms with Crippen LogP contribution in [0.25, 0.3) is 0 Å². The fourth-order valence-electron chi connectivity index (χ4n) is 2.79. The Labute approximate surface area is 99.8 Å². The van der Waals surface area contributed by atoms with Gasteiger partial charge in [-0.25, -0.2) is 0 Å². The maximum absolute atomic E-state index is 5.99. The molecule has 15 heavy (non-hydrogen) atoms. The Hall–Kier alpha value is -0.240. The quantitative estimate of drug-likeness (QED) is 0.840. The maximum atomic E-state index is 5.99. The standard InChI is InChI=1S/C12H13Cl2N/c13-11-2-1-7(4-12(11)14)3-8-9-5-15-6-10(8)9/h1-2,4,8-10,15H,3,5-6H2. The molecule has 3 rings (SSSR count). The highest BCUT2D eigenvalue weighted by Crippen LogP contribution is 2.50. The Bertz CT molecular complexity index is 381. The molecule has 1 heterocycles. The third-order valence-corrected chi connectivity index (χ3v) is 4.46. The Morgan fingerprint density at radius 3 is 2.53 bits per heavy atom. The number of piperidine rings is 1. The van der Waals surface area contributed by atoms with Gasteiger partial charge in [0.05, 0.1) is 10.0 Å². The van der Waals surface area contributed by atoms with Crippen LogP contribution in [0.4, 0.5) is 0 Å². The van der Waals surface area contributed by atoms with Gasteiger partial charge in [-0.2, -0.15) is 0 Å². The first-order valence-electron chi connectivity index (χ1n) is 5.40. The summed E-state index contributed by atoms with van der Waals surface area (Å²) in [5, 5.41) is 4.74. The van der Waals surface area contributed by atoms with Crippen molar-refractivity contribution in [1.82, 2.24) is 5.32 Å². The number of hydrogen-bond acceptors (Lipinski definition) is 1. The smallest absolute Gasteiger partial charge is 0.0595 e. The van der Waals surface area contributed by atoms with E-state index in [-0.39, 0.29) is 0 Å². The van der Waals surface area contributed by atoms with Crippen molar-refractivity contribution in [2.45, 2.75) is 6.42 Å². The van der Waals surface area contributed by atoms with Gasteiger partial charge in [-0.3, -0.25) is 0 Å². The van der Waals surface area contributed by atoms with Gasteiger partial charge < -0.3 is 5.32 Å². The molecule has 2 atom stereocenters. The van der Waals surface area contributed by atoms with E-state index in [4.69, 9.17) is 23.2 Å². The summed E-state index contributed by atoms with van der Waals surface area (Å²) in [5.74, 6) is 2.71. The first kappa shape index (κ1) is 9.95. The van der Waals surface area contributed by atoms with Crippen LogP contribution in [-0.4, -0.2) is 13.1 Å². The molecule has 0 amide bonds. The second-order valence-electron chi connectivity index (χ2n) is 4.60. The second kappa shape index (κ2) is 3.65. The van der Waals surface area contributed by atoms with Crippen molar-refractivity contribution in [3.8, 4) is 0 Å². The van der Waals surface area contributed by atoms with Crippen molar-refractivity contribution >= 4 is 23.2 Å². The van der Waals surface area contributed by atoms with E-state index < -0.39 is 0 Å². The number of nitrogens with one attached hydrogen (secondary N) is 1. The van der Waals surface area contributed by atoms with E-state index in [0.29, 0.717) is 10.0 Å². The van der Waals surface area contributed by atoms with Crippen LogP contribution in [0, 0.1) is 17.8 Å².